The van der Waals surface area contributed by atoms with Crippen LogP contribution in [0.1, 0.15) is 34.2 Å². The summed E-state index contributed by atoms with van der Waals surface area (Å²) in [6.45, 7) is 2.98. The summed E-state index contributed by atoms with van der Waals surface area (Å²) in [6.07, 6.45) is 2.19. The number of nitrogens with zero attached hydrogens (tertiary/aromatic N) is 3. The number of carbonyl (C=O) groups is 1. The van der Waals surface area contributed by atoms with Crippen LogP contribution in [0.5, 0.6) is 23.0 Å². The van der Waals surface area contributed by atoms with Crippen molar-refractivity contribution in [2.45, 2.75) is 33.2 Å². The minimum atomic E-state index is -0.568. The van der Waals surface area contributed by atoms with Crippen molar-refractivity contribution in [1.82, 2.24) is 10.2 Å². The Morgan fingerprint density at radius 1 is 0.783 bits per heavy atom. The molecule has 0 saturated carbocycles. The molecule has 4 aromatic carbocycles. The van der Waals surface area contributed by atoms with E-state index in [9.17, 15) is 10.1 Å². The van der Waals surface area contributed by atoms with Crippen LogP contribution in [0.25, 0.3) is 6.08 Å². The average Bonchev–Trinajstić information content (AvgIpc) is 3.56. The maximum absolute atomic E-state index is 12.7. The van der Waals surface area contributed by atoms with Gasteiger partial charge < -0.3 is 18.9 Å². The number of nitriles is 1. The molecule has 0 unspecified atom stereocenters. The van der Waals surface area contributed by atoms with Crippen molar-refractivity contribution in [3.63, 3.8) is 0 Å². The lowest BCUT2D eigenvalue weighted by atomic mass is 10.1. The van der Waals surface area contributed by atoms with E-state index in [2.05, 4.69) is 15.5 Å². The van der Waals surface area contributed by atoms with E-state index >= 15 is 0 Å². The summed E-state index contributed by atoms with van der Waals surface area (Å²) in [5, 5.41) is 21.3. The zero-order valence-corrected chi connectivity index (χ0v) is 26.3. The normalized spacial score (nSPS) is 10.9. The van der Waals surface area contributed by atoms with Gasteiger partial charge in [0.05, 0.1) is 7.11 Å². The molecule has 0 bridgehead atoms. The predicted octanol–water partition coefficient (Wildman–Crippen LogP) is 7.39. The Bertz CT molecular complexity index is 1830. The van der Waals surface area contributed by atoms with Gasteiger partial charge in [0, 0.05) is 0 Å². The van der Waals surface area contributed by atoms with Crippen LogP contribution in [0.15, 0.2) is 103 Å². The molecule has 9 nitrogen and oxygen atoms in total. The monoisotopic (exact) mass is 632 g/mol. The maximum atomic E-state index is 12.7. The van der Waals surface area contributed by atoms with Gasteiger partial charge >= 0.3 is 0 Å². The van der Waals surface area contributed by atoms with Gasteiger partial charge in [-0.1, -0.05) is 91.1 Å². The molecule has 5 aromatic rings. The summed E-state index contributed by atoms with van der Waals surface area (Å²) in [5.41, 5.74) is 3.48. The molecular formula is C36H32N4O5S. The SMILES string of the molecule is CCc1nnc(NC(=O)/C(C#N)=C/c2ccc(OCc3ccc(OCc4ccccc4)c(OCc4ccccc4)c3)c(OC)c2)s1. The van der Waals surface area contributed by atoms with Crippen molar-refractivity contribution < 1.29 is 23.7 Å². The summed E-state index contributed by atoms with van der Waals surface area (Å²) in [6, 6.07) is 32.7. The predicted molar refractivity (Wildman–Crippen MR) is 177 cm³/mol. The number of hydrogen-bond acceptors (Lipinski definition) is 9. The second-order valence-electron chi connectivity index (χ2n) is 10.0. The molecule has 5 rings (SSSR count). The van der Waals surface area contributed by atoms with Gasteiger partial charge in [0.15, 0.2) is 23.0 Å². The average molecular weight is 633 g/mol. The number of carbonyl (C=O) groups excluding carboxylic acids is 1. The number of hydrogen-bond donors (Lipinski definition) is 1. The molecule has 232 valence electrons. The van der Waals surface area contributed by atoms with Gasteiger partial charge in [-0.15, -0.1) is 10.2 Å². The number of anilines is 1. The van der Waals surface area contributed by atoms with E-state index in [4.69, 9.17) is 18.9 Å². The molecular weight excluding hydrogens is 600 g/mol. The highest BCUT2D eigenvalue weighted by molar-refractivity contribution is 7.15. The van der Waals surface area contributed by atoms with Crippen molar-refractivity contribution in [2.75, 3.05) is 12.4 Å². The first-order valence-electron chi connectivity index (χ1n) is 14.6. The first kappa shape index (κ1) is 31.8. The zero-order valence-electron chi connectivity index (χ0n) is 25.4. The number of methoxy groups -OCH3 is 1. The molecule has 1 heterocycles. The molecule has 0 saturated heterocycles. The largest absolute Gasteiger partial charge is 0.493 e. The third-order valence-electron chi connectivity index (χ3n) is 6.73. The number of nitrogens with one attached hydrogen (secondary N) is 1. The van der Waals surface area contributed by atoms with Gasteiger partial charge in [0.25, 0.3) is 5.91 Å². The molecule has 0 radical (unpaired) electrons. The second kappa shape index (κ2) is 15.9. The maximum Gasteiger partial charge on any atom is 0.268 e. The third kappa shape index (κ3) is 8.71. The van der Waals surface area contributed by atoms with Crippen LogP contribution in [0, 0.1) is 11.3 Å². The number of aromatic nitrogens is 2. The lowest BCUT2D eigenvalue weighted by Gasteiger charge is -2.16. The van der Waals surface area contributed by atoms with Crippen molar-refractivity contribution in [3.05, 3.63) is 130 Å². The Kier molecular flexibility index (Phi) is 11.0. The fourth-order valence-corrected chi connectivity index (χ4v) is 5.00. The minimum Gasteiger partial charge on any atom is -0.493 e. The first-order chi connectivity index (χ1) is 22.5. The van der Waals surface area contributed by atoms with E-state index in [1.54, 1.807) is 18.2 Å². The summed E-state index contributed by atoms with van der Waals surface area (Å²) >= 11 is 1.27. The van der Waals surface area contributed by atoms with Gasteiger partial charge in [-0.2, -0.15) is 5.26 Å². The molecule has 0 aliphatic heterocycles. The van der Waals surface area contributed by atoms with E-state index in [-0.39, 0.29) is 12.2 Å². The molecule has 0 fully saturated rings. The molecule has 10 heteroatoms. The lowest BCUT2D eigenvalue weighted by Crippen LogP contribution is -2.13. The molecule has 0 aliphatic rings. The lowest BCUT2D eigenvalue weighted by molar-refractivity contribution is -0.112. The van der Waals surface area contributed by atoms with Crippen LogP contribution < -0.4 is 24.3 Å². The van der Waals surface area contributed by atoms with E-state index in [1.807, 2.05) is 91.9 Å². The number of rotatable bonds is 14. The Morgan fingerprint density at radius 2 is 1.39 bits per heavy atom. The van der Waals surface area contributed by atoms with Crippen molar-refractivity contribution in [3.8, 4) is 29.1 Å². The molecule has 0 aliphatic carbocycles. The van der Waals surface area contributed by atoms with Crippen molar-refractivity contribution >= 4 is 28.5 Å². The standard InChI is InChI=1S/C36H32N4O5S/c1-3-34-39-40-36(46-34)38-35(41)29(21-37)18-27-14-16-30(32(19-27)42-2)44-24-28-15-17-31(43-22-25-10-6-4-7-11-25)33(20-28)45-23-26-12-8-5-9-13-26/h4-20H,3,22-24H2,1-2H3,(H,38,40,41)/b29-18+. The number of benzene rings is 4. The van der Waals surface area contributed by atoms with Gasteiger partial charge in [0.1, 0.15) is 36.5 Å². The highest BCUT2D eigenvalue weighted by Crippen LogP contribution is 2.33. The minimum absolute atomic E-state index is 0.0819. The molecule has 0 spiro atoms. The van der Waals surface area contributed by atoms with Gasteiger partial charge in [-0.05, 0) is 59.0 Å². The Labute approximate surface area is 271 Å². The van der Waals surface area contributed by atoms with E-state index in [0.717, 1.165) is 21.7 Å². The summed E-state index contributed by atoms with van der Waals surface area (Å²) in [4.78, 5) is 12.7. The molecule has 1 amide bonds. The number of aryl methyl sites for hydroxylation is 1. The van der Waals surface area contributed by atoms with Crippen LogP contribution in [0.3, 0.4) is 0 Å². The summed E-state index contributed by atoms with van der Waals surface area (Å²) < 4.78 is 24.0. The van der Waals surface area contributed by atoms with Crippen molar-refractivity contribution in [1.29, 1.82) is 5.26 Å². The summed E-state index contributed by atoms with van der Waals surface area (Å²) in [7, 11) is 1.53. The quantitative estimate of drug-likeness (QED) is 0.0995. The fourth-order valence-electron chi connectivity index (χ4n) is 4.33. The second-order valence-corrected chi connectivity index (χ2v) is 11.1. The molecule has 0 atom stereocenters. The Hall–Kier alpha value is -5.66. The van der Waals surface area contributed by atoms with Crippen LogP contribution >= 0.6 is 11.3 Å². The van der Waals surface area contributed by atoms with Crippen LogP contribution in [0.2, 0.25) is 0 Å². The highest BCUT2D eigenvalue weighted by atomic mass is 32.1. The fraction of sp³-hybridized carbons (Fsp3) is 0.167. The molecule has 1 N–H and O–H groups in total. The topological polar surface area (TPSA) is 116 Å². The first-order valence-corrected chi connectivity index (χ1v) is 15.4. The highest BCUT2D eigenvalue weighted by Gasteiger charge is 2.14. The van der Waals surface area contributed by atoms with Crippen molar-refractivity contribution in [2.24, 2.45) is 0 Å². The van der Waals surface area contributed by atoms with E-state index in [1.165, 1.54) is 24.5 Å². The van der Waals surface area contributed by atoms with Crippen LogP contribution in [-0.4, -0.2) is 23.2 Å². The molecule has 46 heavy (non-hydrogen) atoms. The zero-order chi connectivity index (χ0) is 32.1. The van der Waals surface area contributed by atoms with Crippen LogP contribution in [0.4, 0.5) is 5.13 Å². The van der Waals surface area contributed by atoms with Gasteiger partial charge in [0.2, 0.25) is 5.13 Å². The number of ether oxygens (including phenoxy) is 4. The van der Waals surface area contributed by atoms with E-state index < -0.39 is 5.91 Å². The Balaban J connectivity index is 1.28. The van der Waals surface area contributed by atoms with E-state index in [0.29, 0.717) is 53.3 Å². The summed E-state index contributed by atoms with van der Waals surface area (Å²) in [5.74, 6) is 1.62. The number of amides is 1. The van der Waals surface area contributed by atoms with Gasteiger partial charge in [-0.25, -0.2) is 0 Å². The smallest absolute Gasteiger partial charge is 0.268 e. The molecule has 1 aromatic heterocycles. The van der Waals surface area contributed by atoms with Crippen LogP contribution in [-0.2, 0) is 31.0 Å². The van der Waals surface area contributed by atoms with Gasteiger partial charge in [-0.3, -0.25) is 10.1 Å². The third-order valence-corrected chi connectivity index (χ3v) is 7.71. The Morgan fingerprint density at radius 3 is 2.00 bits per heavy atom.